The molecule has 230 valence electrons. The fourth-order valence-corrected chi connectivity index (χ4v) is 7.06. The summed E-state index contributed by atoms with van der Waals surface area (Å²) in [7, 11) is 1.54. The van der Waals surface area contributed by atoms with E-state index in [0.717, 1.165) is 29.2 Å². The van der Waals surface area contributed by atoms with Gasteiger partial charge in [0.1, 0.15) is 5.75 Å². The molecule has 1 N–H and O–H groups in total. The third-order valence-electron chi connectivity index (χ3n) is 9.09. The SMILES string of the molecule is COc1cc2c(cc1OCCCC(=O)N1C[C@@H](CCl)c3c1cc(O)c1ccccc31)N=C[C@@H]1CC(C3=CCC=C3)=CCN1C2=O. The minimum absolute atomic E-state index is 0.0152. The highest BCUT2D eigenvalue weighted by atomic mass is 35.5. The summed E-state index contributed by atoms with van der Waals surface area (Å²) in [5.41, 5.74) is 5.20. The number of anilines is 1. The van der Waals surface area contributed by atoms with Gasteiger partial charge >= 0.3 is 0 Å². The molecule has 0 spiro atoms. The standard InChI is InChI=1S/C36H34ClN3O5/c1-44-32-16-28-29(38-20-25-15-23(22-7-2-3-8-22)12-13-39(25)36(28)43)17-33(32)45-14-6-11-34(42)40-21-24(19-37)35-27-10-5-4-9-26(27)31(41)18-30(35)40/h2,4-5,7-10,12,16-18,20,24-25,41H,3,6,11,13-15,19,21H2,1H3/t24-,25+/m1/s1. The Hall–Kier alpha value is -4.56. The van der Waals surface area contributed by atoms with Gasteiger partial charge in [-0.15, -0.1) is 11.6 Å². The van der Waals surface area contributed by atoms with Gasteiger partial charge in [-0.2, -0.15) is 0 Å². The molecule has 1 aliphatic carbocycles. The van der Waals surface area contributed by atoms with Crippen molar-refractivity contribution >= 4 is 51.8 Å². The summed E-state index contributed by atoms with van der Waals surface area (Å²) in [5, 5.41) is 12.4. The van der Waals surface area contributed by atoms with Crippen LogP contribution in [0.2, 0.25) is 0 Å². The Balaban J connectivity index is 1.03. The number of alkyl halides is 1. The number of hydrogen-bond acceptors (Lipinski definition) is 6. The quantitative estimate of drug-likeness (QED) is 0.219. The Labute approximate surface area is 266 Å². The van der Waals surface area contributed by atoms with Crippen LogP contribution in [0.1, 0.15) is 47.5 Å². The van der Waals surface area contributed by atoms with E-state index in [2.05, 4.69) is 24.3 Å². The number of phenols is 1. The highest BCUT2D eigenvalue weighted by Crippen LogP contribution is 2.45. The number of aliphatic imine (C=N–C) groups is 1. The third-order valence-corrected chi connectivity index (χ3v) is 9.46. The predicted molar refractivity (Wildman–Crippen MR) is 177 cm³/mol. The van der Waals surface area contributed by atoms with Crippen LogP contribution in [0.5, 0.6) is 17.2 Å². The number of methoxy groups -OCH3 is 1. The summed E-state index contributed by atoms with van der Waals surface area (Å²) in [6.07, 6.45) is 12.9. The molecule has 45 heavy (non-hydrogen) atoms. The van der Waals surface area contributed by atoms with Gasteiger partial charge in [-0.3, -0.25) is 14.6 Å². The number of benzene rings is 3. The smallest absolute Gasteiger partial charge is 0.257 e. The molecule has 2 atom stereocenters. The molecule has 8 nitrogen and oxygen atoms in total. The molecule has 0 saturated heterocycles. The molecular weight excluding hydrogens is 590 g/mol. The maximum atomic E-state index is 13.6. The zero-order chi connectivity index (χ0) is 31.1. The maximum Gasteiger partial charge on any atom is 0.257 e. The Morgan fingerprint density at radius 2 is 1.98 bits per heavy atom. The van der Waals surface area contributed by atoms with Gasteiger partial charge in [0.15, 0.2) is 11.5 Å². The van der Waals surface area contributed by atoms with Gasteiger partial charge in [-0.25, -0.2) is 0 Å². The normalized spacial score (nSPS) is 20.0. The third kappa shape index (κ3) is 5.27. The molecule has 0 fully saturated rings. The van der Waals surface area contributed by atoms with Gasteiger partial charge < -0.3 is 24.4 Å². The van der Waals surface area contributed by atoms with Crippen molar-refractivity contribution in [3.05, 3.63) is 89.0 Å². The van der Waals surface area contributed by atoms with Crippen LogP contribution in [0, 0.1) is 0 Å². The zero-order valence-corrected chi connectivity index (χ0v) is 25.8. The lowest BCUT2D eigenvalue weighted by Gasteiger charge is -2.32. The molecule has 3 heterocycles. The number of amides is 2. The second-order valence-electron chi connectivity index (χ2n) is 11.7. The molecule has 3 aliphatic heterocycles. The number of fused-ring (bicyclic) bond motifs is 5. The predicted octanol–water partition coefficient (Wildman–Crippen LogP) is 6.83. The van der Waals surface area contributed by atoms with Crippen LogP contribution in [-0.2, 0) is 4.79 Å². The van der Waals surface area contributed by atoms with E-state index in [1.54, 1.807) is 30.2 Å². The minimum atomic E-state index is -0.129. The van der Waals surface area contributed by atoms with Crippen molar-refractivity contribution < 1.29 is 24.2 Å². The average molecular weight is 624 g/mol. The Bertz CT molecular complexity index is 1830. The molecular formula is C36H34ClN3O5. The van der Waals surface area contributed by atoms with E-state index >= 15 is 0 Å². The topological polar surface area (TPSA) is 91.7 Å². The number of allylic oxidation sites excluding steroid dienone is 4. The van der Waals surface area contributed by atoms with E-state index in [0.29, 0.717) is 53.8 Å². The molecule has 0 saturated carbocycles. The van der Waals surface area contributed by atoms with Gasteiger partial charge in [0, 0.05) is 55.0 Å². The summed E-state index contributed by atoms with van der Waals surface area (Å²) in [4.78, 5) is 35.3. The molecule has 3 aromatic carbocycles. The second kappa shape index (κ2) is 12.1. The van der Waals surface area contributed by atoms with Crippen molar-refractivity contribution in [1.29, 1.82) is 0 Å². The van der Waals surface area contributed by atoms with Crippen molar-refractivity contribution in [2.75, 3.05) is 37.6 Å². The summed E-state index contributed by atoms with van der Waals surface area (Å²) in [6.45, 7) is 1.26. The maximum absolute atomic E-state index is 13.6. The van der Waals surface area contributed by atoms with E-state index in [9.17, 15) is 14.7 Å². The minimum Gasteiger partial charge on any atom is -0.507 e. The number of phenolic OH excluding ortho intramolecular Hbond substituents is 1. The highest BCUT2D eigenvalue weighted by molar-refractivity contribution is 6.19. The lowest BCUT2D eigenvalue weighted by Crippen LogP contribution is -2.43. The number of carbonyl (C=O) groups excluding carboxylic acids is 2. The first-order chi connectivity index (χ1) is 22.0. The fraction of sp³-hybridized carbons (Fsp3) is 0.306. The molecule has 0 unspecified atom stereocenters. The number of hydrogen-bond donors (Lipinski definition) is 1. The Morgan fingerprint density at radius 1 is 1.13 bits per heavy atom. The molecule has 4 aliphatic rings. The molecule has 3 aromatic rings. The van der Waals surface area contributed by atoms with E-state index < -0.39 is 0 Å². The first kappa shape index (κ1) is 29.2. The Kier molecular flexibility index (Phi) is 7.83. The molecule has 0 aromatic heterocycles. The molecule has 2 amide bonds. The van der Waals surface area contributed by atoms with E-state index in [4.69, 9.17) is 26.1 Å². The van der Waals surface area contributed by atoms with Crippen LogP contribution < -0.4 is 14.4 Å². The van der Waals surface area contributed by atoms with Gasteiger partial charge in [0.2, 0.25) is 5.91 Å². The monoisotopic (exact) mass is 623 g/mol. The highest BCUT2D eigenvalue weighted by Gasteiger charge is 2.35. The number of carbonyl (C=O) groups is 2. The van der Waals surface area contributed by atoms with Crippen LogP contribution in [0.25, 0.3) is 10.8 Å². The van der Waals surface area contributed by atoms with Gasteiger partial charge in [0.05, 0.1) is 36.7 Å². The molecule has 0 bridgehead atoms. The summed E-state index contributed by atoms with van der Waals surface area (Å²) in [5.74, 6) is 1.28. The second-order valence-corrected chi connectivity index (χ2v) is 12.0. The number of aromatic hydroxyl groups is 1. The number of nitrogens with zero attached hydrogens (tertiary/aromatic N) is 3. The average Bonchev–Trinajstić information content (AvgIpc) is 3.71. The van der Waals surface area contributed by atoms with E-state index in [1.165, 1.54) is 11.1 Å². The summed E-state index contributed by atoms with van der Waals surface area (Å²) in [6, 6.07) is 12.6. The zero-order valence-electron chi connectivity index (χ0n) is 25.0. The first-order valence-electron chi connectivity index (χ1n) is 15.3. The lowest BCUT2D eigenvalue weighted by molar-refractivity contribution is -0.118. The van der Waals surface area contributed by atoms with Crippen molar-refractivity contribution in [2.45, 2.75) is 37.6 Å². The van der Waals surface area contributed by atoms with Gasteiger partial charge in [-0.1, -0.05) is 48.6 Å². The fourth-order valence-electron chi connectivity index (χ4n) is 6.81. The van der Waals surface area contributed by atoms with Crippen molar-refractivity contribution in [1.82, 2.24) is 4.90 Å². The summed E-state index contributed by atoms with van der Waals surface area (Å²) >= 11 is 6.33. The first-order valence-corrected chi connectivity index (χ1v) is 15.9. The molecule has 9 heteroatoms. The van der Waals surface area contributed by atoms with Gasteiger partial charge in [0.25, 0.3) is 5.91 Å². The van der Waals surface area contributed by atoms with Crippen LogP contribution in [-0.4, -0.2) is 66.8 Å². The lowest BCUT2D eigenvalue weighted by atomic mass is 9.94. The van der Waals surface area contributed by atoms with Gasteiger partial charge in [-0.05, 0) is 47.4 Å². The van der Waals surface area contributed by atoms with Crippen molar-refractivity contribution in [3.8, 4) is 17.2 Å². The number of halogens is 1. The summed E-state index contributed by atoms with van der Waals surface area (Å²) < 4.78 is 11.7. The largest absolute Gasteiger partial charge is 0.507 e. The van der Waals surface area contributed by atoms with E-state index in [1.807, 2.05) is 35.4 Å². The van der Waals surface area contributed by atoms with Crippen LogP contribution in [0.3, 0.4) is 0 Å². The van der Waals surface area contributed by atoms with Crippen molar-refractivity contribution in [3.63, 3.8) is 0 Å². The van der Waals surface area contributed by atoms with E-state index in [-0.39, 0.29) is 42.6 Å². The molecule has 0 radical (unpaired) electrons. The van der Waals surface area contributed by atoms with Crippen molar-refractivity contribution in [2.24, 2.45) is 4.99 Å². The van der Waals surface area contributed by atoms with Crippen LogP contribution in [0.15, 0.2) is 82.9 Å². The number of ether oxygens (including phenoxy) is 2. The molecule has 7 rings (SSSR count). The van der Waals surface area contributed by atoms with Crippen LogP contribution in [0.4, 0.5) is 11.4 Å². The van der Waals surface area contributed by atoms with Crippen LogP contribution >= 0.6 is 11.6 Å². The Morgan fingerprint density at radius 3 is 2.76 bits per heavy atom. The number of rotatable bonds is 8.